The fraction of sp³-hybridized carbons (Fsp3) is 0.154. The minimum atomic E-state index is 0.820. The Morgan fingerprint density at radius 2 is 2.17 bits per heavy atom. The first-order valence-corrected chi connectivity index (χ1v) is 7.31. The predicted octanol–water partition coefficient (Wildman–Crippen LogP) is 4.13. The standard InChI is InChI=1S/C13H12BrN3S/c1-2-17-10-4-3-8(14)7-9(10)16-13(17)11-5-6-12(15)18-11/h3-7H,2,15H2,1H3. The summed E-state index contributed by atoms with van der Waals surface area (Å²) in [6, 6.07) is 10.1. The number of fused-ring (bicyclic) bond motifs is 1. The van der Waals surface area contributed by atoms with Gasteiger partial charge in [-0.15, -0.1) is 11.3 Å². The number of anilines is 1. The number of nitrogen functional groups attached to an aromatic ring is 1. The molecule has 3 rings (SSSR count). The van der Waals surface area contributed by atoms with Crippen molar-refractivity contribution in [1.82, 2.24) is 9.55 Å². The van der Waals surface area contributed by atoms with Gasteiger partial charge in [0, 0.05) is 11.0 Å². The summed E-state index contributed by atoms with van der Waals surface area (Å²) in [5, 5.41) is 0.820. The van der Waals surface area contributed by atoms with Crippen LogP contribution in [0.5, 0.6) is 0 Å². The monoisotopic (exact) mass is 321 g/mol. The molecule has 2 aromatic heterocycles. The molecule has 0 atom stereocenters. The van der Waals surface area contributed by atoms with E-state index in [1.807, 2.05) is 24.3 Å². The first-order chi connectivity index (χ1) is 8.69. The van der Waals surface area contributed by atoms with Gasteiger partial charge in [-0.05, 0) is 37.3 Å². The zero-order chi connectivity index (χ0) is 12.7. The number of nitrogens with two attached hydrogens (primary N) is 1. The van der Waals surface area contributed by atoms with E-state index < -0.39 is 0 Å². The van der Waals surface area contributed by atoms with Crippen molar-refractivity contribution >= 4 is 43.3 Å². The van der Waals surface area contributed by atoms with Gasteiger partial charge in [0.15, 0.2) is 5.82 Å². The van der Waals surface area contributed by atoms with E-state index in [1.54, 1.807) is 11.3 Å². The van der Waals surface area contributed by atoms with E-state index in [4.69, 9.17) is 10.7 Å². The van der Waals surface area contributed by atoms with Crippen molar-refractivity contribution in [2.75, 3.05) is 5.73 Å². The molecule has 0 saturated carbocycles. The molecule has 0 amide bonds. The lowest BCUT2D eigenvalue weighted by atomic mass is 10.3. The highest BCUT2D eigenvalue weighted by molar-refractivity contribution is 9.10. The fourth-order valence-corrected chi connectivity index (χ4v) is 3.21. The van der Waals surface area contributed by atoms with E-state index in [9.17, 15) is 0 Å². The molecule has 1 aromatic carbocycles. The van der Waals surface area contributed by atoms with Crippen LogP contribution in [-0.4, -0.2) is 9.55 Å². The zero-order valence-corrected chi connectivity index (χ0v) is 12.3. The number of aromatic nitrogens is 2. The molecule has 0 saturated heterocycles. The highest BCUT2D eigenvalue weighted by Gasteiger charge is 2.13. The number of nitrogens with zero attached hydrogens (tertiary/aromatic N) is 2. The van der Waals surface area contributed by atoms with E-state index in [1.165, 1.54) is 0 Å². The number of imidazole rings is 1. The molecule has 3 aromatic rings. The van der Waals surface area contributed by atoms with Crippen molar-refractivity contribution in [3.8, 4) is 10.7 Å². The minimum Gasteiger partial charge on any atom is -0.391 e. The highest BCUT2D eigenvalue weighted by Crippen LogP contribution is 2.32. The Morgan fingerprint density at radius 1 is 1.33 bits per heavy atom. The summed E-state index contributed by atoms with van der Waals surface area (Å²) < 4.78 is 3.26. The van der Waals surface area contributed by atoms with Crippen LogP contribution in [0.2, 0.25) is 0 Å². The molecule has 2 N–H and O–H groups in total. The SMILES string of the molecule is CCn1c(-c2ccc(N)s2)nc2cc(Br)ccc21. The molecule has 0 bridgehead atoms. The van der Waals surface area contributed by atoms with Crippen molar-refractivity contribution in [1.29, 1.82) is 0 Å². The number of rotatable bonds is 2. The van der Waals surface area contributed by atoms with Gasteiger partial charge in [0.2, 0.25) is 0 Å². The summed E-state index contributed by atoms with van der Waals surface area (Å²) in [5.74, 6) is 0.993. The maximum Gasteiger partial charge on any atom is 0.151 e. The van der Waals surface area contributed by atoms with Crippen molar-refractivity contribution in [2.45, 2.75) is 13.5 Å². The van der Waals surface area contributed by atoms with Crippen molar-refractivity contribution in [3.63, 3.8) is 0 Å². The molecule has 0 aliphatic heterocycles. The fourth-order valence-electron chi connectivity index (χ4n) is 2.08. The van der Waals surface area contributed by atoms with Crippen LogP contribution < -0.4 is 5.73 Å². The third kappa shape index (κ3) is 1.83. The number of hydrogen-bond donors (Lipinski definition) is 1. The summed E-state index contributed by atoms with van der Waals surface area (Å²) in [6.07, 6.45) is 0. The smallest absolute Gasteiger partial charge is 0.151 e. The van der Waals surface area contributed by atoms with E-state index in [-0.39, 0.29) is 0 Å². The first kappa shape index (κ1) is 11.7. The maximum absolute atomic E-state index is 5.80. The van der Waals surface area contributed by atoms with Crippen LogP contribution in [-0.2, 0) is 6.54 Å². The van der Waals surface area contributed by atoms with Gasteiger partial charge in [-0.1, -0.05) is 15.9 Å². The Kier molecular flexibility index (Phi) is 2.87. The van der Waals surface area contributed by atoms with Gasteiger partial charge in [-0.3, -0.25) is 0 Å². The van der Waals surface area contributed by atoms with E-state index in [0.717, 1.165) is 37.8 Å². The maximum atomic E-state index is 5.80. The third-order valence-electron chi connectivity index (χ3n) is 2.87. The molecular formula is C13H12BrN3S. The molecule has 0 fully saturated rings. The van der Waals surface area contributed by atoms with Gasteiger partial charge in [0.05, 0.1) is 20.9 Å². The van der Waals surface area contributed by atoms with Crippen LogP contribution in [0, 0.1) is 0 Å². The van der Waals surface area contributed by atoms with Crippen LogP contribution >= 0.6 is 27.3 Å². The Labute approximate surface area is 117 Å². The third-order valence-corrected chi connectivity index (χ3v) is 4.28. The number of halogens is 1. The number of thiophene rings is 1. The molecule has 0 aliphatic rings. The summed E-state index contributed by atoms with van der Waals surface area (Å²) in [4.78, 5) is 5.83. The molecule has 3 nitrogen and oxygen atoms in total. The van der Waals surface area contributed by atoms with Gasteiger partial charge < -0.3 is 10.3 Å². The van der Waals surface area contributed by atoms with Crippen molar-refractivity contribution in [3.05, 3.63) is 34.8 Å². The second kappa shape index (κ2) is 4.40. The lowest BCUT2D eigenvalue weighted by Gasteiger charge is -2.03. The summed E-state index contributed by atoms with van der Waals surface area (Å²) in [7, 11) is 0. The number of hydrogen-bond acceptors (Lipinski definition) is 3. The van der Waals surface area contributed by atoms with Crippen LogP contribution in [0.25, 0.3) is 21.7 Å². The molecule has 18 heavy (non-hydrogen) atoms. The second-order valence-corrected chi connectivity index (χ2v) is 6.05. The van der Waals surface area contributed by atoms with Gasteiger partial charge in [-0.2, -0.15) is 0 Å². The average Bonchev–Trinajstić information content (AvgIpc) is 2.91. The molecular weight excluding hydrogens is 310 g/mol. The van der Waals surface area contributed by atoms with Gasteiger partial charge >= 0.3 is 0 Å². The molecule has 92 valence electrons. The second-order valence-electron chi connectivity index (χ2n) is 4.01. The minimum absolute atomic E-state index is 0.820. The van der Waals surface area contributed by atoms with Crippen molar-refractivity contribution in [2.24, 2.45) is 0 Å². The summed E-state index contributed by atoms with van der Waals surface area (Å²) in [5.41, 5.74) is 7.96. The van der Waals surface area contributed by atoms with E-state index in [0.29, 0.717) is 0 Å². The van der Waals surface area contributed by atoms with Crippen LogP contribution in [0.3, 0.4) is 0 Å². The molecule has 2 heterocycles. The topological polar surface area (TPSA) is 43.8 Å². The largest absolute Gasteiger partial charge is 0.391 e. The first-order valence-electron chi connectivity index (χ1n) is 5.70. The summed E-state index contributed by atoms with van der Waals surface area (Å²) >= 11 is 5.05. The van der Waals surface area contributed by atoms with E-state index in [2.05, 4.69) is 33.5 Å². The lowest BCUT2D eigenvalue weighted by molar-refractivity contribution is 0.798. The Hall–Kier alpha value is -1.33. The number of aryl methyl sites for hydroxylation is 1. The van der Waals surface area contributed by atoms with E-state index >= 15 is 0 Å². The molecule has 0 radical (unpaired) electrons. The summed E-state index contributed by atoms with van der Waals surface area (Å²) in [6.45, 7) is 3.02. The molecule has 5 heteroatoms. The van der Waals surface area contributed by atoms with Crippen LogP contribution in [0.4, 0.5) is 5.00 Å². The Bertz CT molecular complexity index is 714. The molecule has 0 spiro atoms. The van der Waals surface area contributed by atoms with Gasteiger partial charge in [0.25, 0.3) is 0 Å². The normalized spacial score (nSPS) is 11.2. The van der Waals surface area contributed by atoms with Gasteiger partial charge in [0.1, 0.15) is 0 Å². The van der Waals surface area contributed by atoms with Gasteiger partial charge in [-0.25, -0.2) is 4.98 Å². The average molecular weight is 322 g/mol. The predicted molar refractivity (Wildman–Crippen MR) is 80.8 cm³/mol. The van der Waals surface area contributed by atoms with Crippen LogP contribution in [0.1, 0.15) is 6.92 Å². The Morgan fingerprint density at radius 3 is 2.83 bits per heavy atom. The highest BCUT2D eigenvalue weighted by atomic mass is 79.9. The van der Waals surface area contributed by atoms with Crippen LogP contribution in [0.15, 0.2) is 34.8 Å². The number of benzene rings is 1. The quantitative estimate of drug-likeness (QED) is 0.771. The molecule has 0 aliphatic carbocycles. The molecule has 0 unspecified atom stereocenters. The lowest BCUT2D eigenvalue weighted by Crippen LogP contribution is -1.95. The zero-order valence-electron chi connectivity index (χ0n) is 9.85. The van der Waals surface area contributed by atoms with Crippen molar-refractivity contribution < 1.29 is 0 Å². The Balaban J connectivity index is 2.28.